The lowest BCUT2D eigenvalue weighted by atomic mass is 10.1. The number of primary amides is 1. The van der Waals surface area contributed by atoms with Crippen LogP contribution in [0, 0.1) is 0 Å². The predicted molar refractivity (Wildman–Crippen MR) is 63.0 cm³/mol. The first-order valence-corrected chi connectivity index (χ1v) is 5.57. The van der Waals surface area contributed by atoms with Crippen LogP contribution in [0.2, 0.25) is 0 Å². The van der Waals surface area contributed by atoms with Crippen LogP contribution in [0.1, 0.15) is 27.6 Å². The van der Waals surface area contributed by atoms with Gasteiger partial charge in [0.1, 0.15) is 12.7 Å². The smallest absolute Gasteiger partial charge is 0.404 e. The Hall–Kier alpha value is -2.41. The highest BCUT2D eigenvalue weighted by Crippen LogP contribution is 2.23. The molecule has 0 aliphatic carbocycles. The zero-order chi connectivity index (χ0) is 14.0. The lowest BCUT2D eigenvalue weighted by Crippen LogP contribution is -2.36. The van der Waals surface area contributed by atoms with Gasteiger partial charge in [0.05, 0.1) is 11.1 Å². The summed E-state index contributed by atoms with van der Waals surface area (Å²) in [6.07, 6.45) is -1.62. The number of carbonyl (C=O) groups is 3. The molecule has 1 aliphatic heterocycles. The molecular formula is C12H12N2O5. The van der Waals surface area contributed by atoms with Gasteiger partial charge in [0.25, 0.3) is 11.8 Å². The fourth-order valence-electron chi connectivity index (χ4n) is 1.67. The van der Waals surface area contributed by atoms with E-state index in [1.807, 2.05) is 0 Å². The van der Waals surface area contributed by atoms with Crippen molar-refractivity contribution < 1.29 is 24.0 Å². The van der Waals surface area contributed by atoms with Crippen molar-refractivity contribution in [1.82, 2.24) is 5.06 Å². The fraction of sp³-hybridized carbons (Fsp3) is 0.250. The number of nitrogens with zero attached hydrogens (tertiary/aromatic N) is 1. The highest BCUT2D eigenvalue weighted by molar-refractivity contribution is 6.20. The van der Waals surface area contributed by atoms with Crippen molar-refractivity contribution in [3.8, 4) is 0 Å². The monoisotopic (exact) mass is 264 g/mol. The molecule has 1 heterocycles. The number of ether oxygens (including phenoxy) is 1. The second kappa shape index (κ2) is 5.07. The molecule has 19 heavy (non-hydrogen) atoms. The van der Waals surface area contributed by atoms with Crippen molar-refractivity contribution in [2.24, 2.45) is 5.73 Å². The molecule has 1 aromatic carbocycles. The van der Waals surface area contributed by atoms with Crippen LogP contribution in [0.25, 0.3) is 0 Å². The second-order valence-electron chi connectivity index (χ2n) is 4.00. The zero-order valence-electron chi connectivity index (χ0n) is 10.2. The van der Waals surface area contributed by atoms with Crippen molar-refractivity contribution >= 4 is 17.9 Å². The van der Waals surface area contributed by atoms with E-state index in [4.69, 9.17) is 10.6 Å². The Kier molecular flexibility index (Phi) is 3.48. The number of nitrogens with two attached hydrogens (primary N) is 1. The summed E-state index contributed by atoms with van der Waals surface area (Å²) in [4.78, 5) is 39.5. The van der Waals surface area contributed by atoms with Gasteiger partial charge in [0.15, 0.2) is 0 Å². The van der Waals surface area contributed by atoms with Gasteiger partial charge in [-0.05, 0) is 19.1 Å². The van der Waals surface area contributed by atoms with Gasteiger partial charge in [0.2, 0.25) is 0 Å². The Morgan fingerprint density at radius 1 is 1.26 bits per heavy atom. The van der Waals surface area contributed by atoms with Gasteiger partial charge in [-0.1, -0.05) is 12.1 Å². The van der Waals surface area contributed by atoms with Crippen molar-refractivity contribution in [3.63, 3.8) is 0 Å². The van der Waals surface area contributed by atoms with E-state index in [1.54, 1.807) is 31.2 Å². The minimum atomic E-state index is -0.946. The molecule has 2 rings (SSSR count). The van der Waals surface area contributed by atoms with Crippen molar-refractivity contribution in [3.05, 3.63) is 35.4 Å². The number of fused-ring (bicyclic) bond motifs is 1. The van der Waals surface area contributed by atoms with Gasteiger partial charge >= 0.3 is 6.09 Å². The first-order chi connectivity index (χ1) is 9.00. The van der Waals surface area contributed by atoms with Crippen molar-refractivity contribution in [1.29, 1.82) is 0 Å². The number of hydrogen-bond acceptors (Lipinski definition) is 5. The third-order valence-electron chi connectivity index (χ3n) is 2.50. The lowest BCUT2D eigenvalue weighted by Gasteiger charge is -2.18. The van der Waals surface area contributed by atoms with Gasteiger partial charge in [0, 0.05) is 0 Å². The van der Waals surface area contributed by atoms with E-state index in [0.29, 0.717) is 5.06 Å². The maximum Gasteiger partial charge on any atom is 0.404 e. The molecular weight excluding hydrogens is 252 g/mol. The predicted octanol–water partition coefficient (Wildman–Crippen LogP) is 0.698. The number of imide groups is 1. The zero-order valence-corrected chi connectivity index (χ0v) is 10.2. The summed E-state index contributed by atoms with van der Waals surface area (Å²) in [5, 5.41) is 0.666. The largest absolute Gasteiger partial charge is 0.447 e. The van der Waals surface area contributed by atoms with E-state index >= 15 is 0 Å². The molecule has 0 bridgehead atoms. The number of hydroxylamine groups is 2. The first-order valence-electron chi connectivity index (χ1n) is 5.57. The third kappa shape index (κ3) is 2.55. The molecule has 3 amide bonds. The van der Waals surface area contributed by atoms with Crippen LogP contribution >= 0.6 is 0 Å². The Morgan fingerprint density at radius 2 is 1.79 bits per heavy atom. The molecule has 0 spiro atoms. The van der Waals surface area contributed by atoms with Gasteiger partial charge in [-0.15, -0.1) is 5.06 Å². The van der Waals surface area contributed by atoms with Crippen LogP contribution in [0.5, 0.6) is 0 Å². The summed E-state index contributed by atoms with van der Waals surface area (Å²) >= 11 is 0. The van der Waals surface area contributed by atoms with Crippen LogP contribution < -0.4 is 5.73 Å². The van der Waals surface area contributed by atoms with Crippen LogP contribution in [0.4, 0.5) is 4.79 Å². The standard InChI is InChI=1S/C12H12N2O5/c1-7(6-18-12(13)17)19-14-10(15)8-4-2-3-5-9(8)11(14)16/h2-5,7H,6H2,1H3,(H2,13,17). The van der Waals surface area contributed by atoms with E-state index in [9.17, 15) is 14.4 Å². The molecule has 0 fully saturated rings. The van der Waals surface area contributed by atoms with Crippen molar-refractivity contribution in [2.75, 3.05) is 6.61 Å². The van der Waals surface area contributed by atoms with Gasteiger partial charge in [-0.25, -0.2) is 4.79 Å². The average molecular weight is 264 g/mol. The Bertz CT molecular complexity index is 508. The summed E-state index contributed by atoms with van der Waals surface area (Å²) < 4.78 is 4.53. The fourth-order valence-corrected chi connectivity index (χ4v) is 1.67. The van der Waals surface area contributed by atoms with E-state index in [1.165, 1.54) is 0 Å². The summed E-state index contributed by atoms with van der Waals surface area (Å²) in [6, 6.07) is 6.41. The summed E-state index contributed by atoms with van der Waals surface area (Å²) in [5.41, 5.74) is 5.38. The SMILES string of the molecule is CC(COC(N)=O)ON1C(=O)c2ccccc2C1=O. The van der Waals surface area contributed by atoms with Crippen LogP contribution in [-0.4, -0.2) is 35.7 Å². The molecule has 0 saturated heterocycles. The topological polar surface area (TPSA) is 98.9 Å². The molecule has 0 aromatic heterocycles. The number of amides is 3. The molecule has 1 aromatic rings. The summed E-state index contributed by atoms with van der Waals surface area (Å²) in [6.45, 7) is 1.40. The summed E-state index contributed by atoms with van der Waals surface area (Å²) in [5.74, 6) is -1.07. The highest BCUT2D eigenvalue weighted by atomic mass is 16.7. The average Bonchev–Trinajstić information content (AvgIpc) is 2.62. The molecule has 0 radical (unpaired) electrons. The number of rotatable bonds is 4. The molecule has 1 unspecified atom stereocenters. The molecule has 2 N–H and O–H groups in total. The Morgan fingerprint density at radius 3 is 2.26 bits per heavy atom. The van der Waals surface area contributed by atoms with Crippen LogP contribution in [0.15, 0.2) is 24.3 Å². The van der Waals surface area contributed by atoms with Crippen LogP contribution in [-0.2, 0) is 9.57 Å². The van der Waals surface area contributed by atoms with E-state index in [0.717, 1.165) is 0 Å². The number of carbonyl (C=O) groups excluding carboxylic acids is 3. The maximum atomic E-state index is 11.9. The first kappa shape index (κ1) is 13.0. The normalized spacial score (nSPS) is 15.3. The summed E-state index contributed by atoms with van der Waals surface area (Å²) in [7, 11) is 0. The second-order valence-corrected chi connectivity index (χ2v) is 4.00. The quantitative estimate of drug-likeness (QED) is 0.807. The maximum absolute atomic E-state index is 11.9. The number of benzene rings is 1. The van der Waals surface area contributed by atoms with Crippen molar-refractivity contribution in [2.45, 2.75) is 13.0 Å². The third-order valence-corrected chi connectivity index (χ3v) is 2.50. The van der Waals surface area contributed by atoms with E-state index in [2.05, 4.69) is 4.74 Å². The molecule has 7 nitrogen and oxygen atoms in total. The van der Waals surface area contributed by atoms with E-state index < -0.39 is 24.0 Å². The van der Waals surface area contributed by atoms with Crippen LogP contribution in [0.3, 0.4) is 0 Å². The molecule has 1 atom stereocenters. The molecule has 0 saturated carbocycles. The Labute approximate surface area is 108 Å². The minimum Gasteiger partial charge on any atom is -0.447 e. The Balaban J connectivity index is 2.06. The van der Waals surface area contributed by atoms with Gasteiger partial charge < -0.3 is 10.5 Å². The minimum absolute atomic E-state index is 0.150. The molecule has 1 aliphatic rings. The molecule has 100 valence electrons. The lowest BCUT2D eigenvalue weighted by molar-refractivity contribution is -0.137. The number of hydrogen-bond donors (Lipinski definition) is 1. The highest BCUT2D eigenvalue weighted by Gasteiger charge is 2.37. The molecule has 7 heteroatoms. The van der Waals surface area contributed by atoms with E-state index in [-0.39, 0.29) is 17.7 Å². The van der Waals surface area contributed by atoms with Gasteiger partial charge in [-0.3, -0.25) is 14.4 Å². The van der Waals surface area contributed by atoms with Gasteiger partial charge in [-0.2, -0.15) is 0 Å².